The minimum atomic E-state index is -1.19. The fourth-order valence-electron chi connectivity index (χ4n) is 1.37. The monoisotopic (exact) mass is 319 g/mol. The summed E-state index contributed by atoms with van der Waals surface area (Å²) in [6.45, 7) is 3.64. The van der Waals surface area contributed by atoms with Gasteiger partial charge in [0.2, 0.25) is 0 Å². The molecule has 0 saturated heterocycles. The number of benzene rings is 1. The van der Waals surface area contributed by atoms with Crippen LogP contribution in [-0.2, 0) is 0 Å². The van der Waals surface area contributed by atoms with Crippen LogP contribution in [-0.4, -0.2) is 28.8 Å². The molecule has 100 valence electrons. The highest BCUT2D eigenvalue weighted by Crippen LogP contribution is 2.28. The van der Waals surface area contributed by atoms with Gasteiger partial charge in [0, 0.05) is 12.6 Å². The summed E-state index contributed by atoms with van der Waals surface area (Å²) in [6, 6.07) is 2.57. The third-order valence-electron chi connectivity index (χ3n) is 2.84. The second-order valence-electron chi connectivity index (χ2n) is 4.19. The number of anilines is 1. The molecular formula is C12H15BrFNO3. The van der Waals surface area contributed by atoms with Crippen molar-refractivity contribution >= 4 is 27.6 Å². The molecule has 0 bridgehead atoms. The number of carboxylic acid groups (broad SMARTS) is 1. The number of carbonyl (C=O) groups is 1. The summed E-state index contributed by atoms with van der Waals surface area (Å²) in [5.74, 6) is -1.88. The van der Waals surface area contributed by atoms with Crippen molar-refractivity contribution in [3.05, 3.63) is 28.0 Å². The normalized spacial score (nSPS) is 14.1. The predicted octanol–water partition coefficient (Wildman–Crippen LogP) is 2.72. The van der Waals surface area contributed by atoms with E-state index in [2.05, 4.69) is 21.2 Å². The fourth-order valence-corrected chi connectivity index (χ4v) is 1.89. The van der Waals surface area contributed by atoms with E-state index in [0.717, 1.165) is 0 Å². The molecule has 6 heteroatoms. The quantitative estimate of drug-likeness (QED) is 0.780. The molecule has 0 aliphatic carbocycles. The van der Waals surface area contributed by atoms with Crippen molar-refractivity contribution in [2.75, 3.05) is 11.9 Å². The van der Waals surface area contributed by atoms with Crippen molar-refractivity contribution in [2.24, 2.45) is 5.92 Å². The minimum absolute atomic E-state index is 0.00976. The lowest BCUT2D eigenvalue weighted by Gasteiger charge is -2.21. The van der Waals surface area contributed by atoms with E-state index in [1.807, 2.05) is 13.8 Å². The molecule has 0 spiro atoms. The average Bonchev–Trinajstić information content (AvgIpc) is 2.33. The summed E-state index contributed by atoms with van der Waals surface area (Å²) in [5.41, 5.74) is 0.0839. The van der Waals surface area contributed by atoms with Crippen LogP contribution in [0.2, 0.25) is 0 Å². The molecular weight excluding hydrogens is 305 g/mol. The minimum Gasteiger partial charge on any atom is -0.478 e. The Balaban J connectivity index is 2.99. The molecule has 18 heavy (non-hydrogen) atoms. The van der Waals surface area contributed by atoms with Crippen LogP contribution in [0.1, 0.15) is 24.2 Å². The molecule has 0 fully saturated rings. The molecule has 1 aromatic rings. The van der Waals surface area contributed by atoms with Gasteiger partial charge in [-0.15, -0.1) is 0 Å². The van der Waals surface area contributed by atoms with Crippen LogP contribution in [0, 0.1) is 11.7 Å². The second kappa shape index (κ2) is 6.15. The van der Waals surface area contributed by atoms with Gasteiger partial charge >= 0.3 is 5.97 Å². The Kier molecular flexibility index (Phi) is 5.10. The highest BCUT2D eigenvalue weighted by molar-refractivity contribution is 9.10. The van der Waals surface area contributed by atoms with E-state index < -0.39 is 11.8 Å². The highest BCUT2D eigenvalue weighted by Gasteiger charge is 2.18. The first-order valence-corrected chi connectivity index (χ1v) is 6.26. The highest BCUT2D eigenvalue weighted by atomic mass is 79.9. The van der Waals surface area contributed by atoms with Crippen LogP contribution in [0.25, 0.3) is 0 Å². The van der Waals surface area contributed by atoms with E-state index in [0.29, 0.717) is 0 Å². The Hall–Kier alpha value is -1.14. The van der Waals surface area contributed by atoms with Crippen molar-refractivity contribution in [1.29, 1.82) is 0 Å². The average molecular weight is 320 g/mol. The van der Waals surface area contributed by atoms with Gasteiger partial charge in [-0.2, -0.15) is 0 Å². The Morgan fingerprint density at radius 2 is 2.11 bits per heavy atom. The van der Waals surface area contributed by atoms with Gasteiger partial charge in [0.1, 0.15) is 0 Å². The molecule has 0 aromatic heterocycles. The van der Waals surface area contributed by atoms with Gasteiger partial charge in [0.15, 0.2) is 5.82 Å². The van der Waals surface area contributed by atoms with Gasteiger partial charge in [-0.3, -0.25) is 0 Å². The zero-order valence-corrected chi connectivity index (χ0v) is 11.7. The van der Waals surface area contributed by atoms with E-state index in [1.54, 1.807) is 0 Å². The Labute approximate surface area is 113 Å². The molecule has 0 heterocycles. The van der Waals surface area contributed by atoms with Crippen LogP contribution >= 0.6 is 15.9 Å². The standard InChI is InChI=1S/C12H15BrFNO3/c1-6(5-16)7(2)15-9-4-3-8(12(17)18)10(13)11(9)14/h3-4,6-7,15-16H,5H2,1-2H3,(H,17,18). The van der Waals surface area contributed by atoms with Gasteiger partial charge < -0.3 is 15.5 Å². The maximum Gasteiger partial charge on any atom is 0.336 e. The summed E-state index contributed by atoms with van der Waals surface area (Å²) in [5, 5.41) is 20.8. The summed E-state index contributed by atoms with van der Waals surface area (Å²) in [7, 11) is 0. The zero-order chi connectivity index (χ0) is 13.9. The van der Waals surface area contributed by atoms with Crippen LogP contribution in [0.15, 0.2) is 16.6 Å². The van der Waals surface area contributed by atoms with Gasteiger partial charge in [-0.05, 0) is 40.9 Å². The van der Waals surface area contributed by atoms with Gasteiger partial charge in [-0.25, -0.2) is 9.18 Å². The molecule has 0 saturated carbocycles. The lowest BCUT2D eigenvalue weighted by molar-refractivity contribution is 0.0695. The summed E-state index contributed by atoms with van der Waals surface area (Å²) in [6.07, 6.45) is 0. The summed E-state index contributed by atoms with van der Waals surface area (Å²) in [4.78, 5) is 10.8. The number of aromatic carboxylic acids is 1. The first kappa shape index (κ1) is 14.9. The first-order valence-electron chi connectivity index (χ1n) is 5.47. The van der Waals surface area contributed by atoms with Crippen molar-refractivity contribution in [3.63, 3.8) is 0 Å². The molecule has 2 atom stereocenters. The first-order chi connectivity index (χ1) is 8.38. The molecule has 0 aliphatic rings. The van der Waals surface area contributed by atoms with Crippen molar-refractivity contribution in [2.45, 2.75) is 19.9 Å². The number of carboxylic acids is 1. The van der Waals surface area contributed by atoms with Crippen LogP contribution < -0.4 is 5.32 Å². The van der Waals surface area contributed by atoms with E-state index in [9.17, 15) is 9.18 Å². The van der Waals surface area contributed by atoms with Crippen LogP contribution in [0.4, 0.5) is 10.1 Å². The SMILES string of the molecule is CC(CO)C(C)Nc1ccc(C(=O)O)c(Br)c1F. The number of hydrogen-bond donors (Lipinski definition) is 3. The summed E-state index contributed by atoms with van der Waals surface area (Å²) >= 11 is 2.93. The summed E-state index contributed by atoms with van der Waals surface area (Å²) < 4.78 is 13.8. The lowest BCUT2D eigenvalue weighted by atomic mass is 10.0. The predicted molar refractivity (Wildman–Crippen MR) is 70.4 cm³/mol. The number of aliphatic hydroxyl groups excluding tert-OH is 1. The number of aliphatic hydroxyl groups is 1. The molecule has 0 radical (unpaired) electrons. The number of rotatable bonds is 5. The molecule has 4 nitrogen and oxygen atoms in total. The molecule has 1 rings (SSSR count). The topological polar surface area (TPSA) is 69.6 Å². The molecule has 1 aromatic carbocycles. The Morgan fingerprint density at radius 3 is 2.61 bits per heavy atom. The molecule has 0 amide bonds. The smallest absolute Gasteiger partial charge is 0.336 e. The van der Waals surface area contributed by atoms with E-state index in [1.165, 1.54) is 12.1 Å². The van der Waals surface area contributed by atoms with Gasteiger partial charge in [0.25, 0.3) is 0 Å². The third-order valence-corrected chi connectivity index (χ3v) is 3.61. The lowest BCUT2D eigenvalue weighted by Crippen LogP contribution is -2.26. The third kappa shape index (κ3) is 3.20. The fraction of sp³-hybridized carbons (Fsp3) is 0.417. The van der Waals surface area contributed by atoms with Crippen molar-refractivity contribution in [1.82, 2.24) is 0 Å². The Bertz CT molecular complexity index is 453. The largest absolute Gasteiger partial charge is 0.478 e. The Morgan fingerprint density at radius 1 is 1.50 bits per heavy atom. The number of hydrogen-bond acceptors (Lipinski definition) is 3. The second-order valence-corrected chi connectivity index (χ2v) is 4.98. The van der Waals surface area contributed by atoms with Crippen molar-refractivity contribution in [3.8, 4) is 0 Å². The number of halogens is 2. The maximum atomic E-state index is 13.9. The molecule has 2 unspecified atom stereocenters. The van der Waals surface area contributed by atoms with Gasteiger partial charge in [-0.1, -0.05) is 6.92 Å². The van der Waals surface area contributed by atoms with E-state index in [4.69, 9.17) is 10.2 Å². The van der Waals surface area contributed by atoms with Crippen molar-refractivity contribution < 1.29 is 19.4 Å². The van der Waals surface area contributed by atoms with Crippen LogP contribution in [0.5, 0.6) is 0 Å². The molecule has 0 aliphatic heterocycles. The van der Waals surface area contributed by atoms with E-state index in [-0.39, 0.29) is 34.3 Å². The molecule has 3 N–H and O–H groups in total. The zero-order valence-electron chi connectivity index (χ0n) is 10.1. The van der Waals surface area contributed by atoms with E-state index >= 15 is 0 Å². The maximum absolute atomic E-state index is 13.9. The number of nitrogens with one attached hydrogen (secondary N) is 1. The van der Waals surface area contributed by atoms with Crippen LogP contribution in [0.3, 0.4) is 0 Å². The van der Waals surface area contributed by atoms with Gasteiger partial charge in [0.05, 0.1) is 15.7 Å².